The molecule has 1 aliphatic carbocycles. The normalized spacial score (nSPS) is 23.8. The fraction of sp³-hybridized carbons (Fsp3) is 0.490. The van der Waals surface area contributed by atoms with Crippen molar-refractivity contribution in [2.24, 2.45) is 30.5 Å². The lowest BCUT2D eigenvalue weighted by molar-refractivity contribution is -0.147. The van der Waals surface area contributed by atoms with Crippen LogP contribution >= 0.6 is 0 Å². The van der Waals surface area contributed by atoms with Crippen LogP contribution in [0, 0.1) is 17.8 Å². The van der Waals surface area contributed by atoms with Gasteiger partial charge in [-0.3, -0.25) is 48.0 Å². The highest BCUT2D eigenvalue weighted by Gasteiger charge is 2.45. The van der Waals surface area contributed by atoms with E-state index >= 15 is 0 Å². The monoisotopic (exact) mass is 914 g/mol. The van der Waals surface area contributed by atoms with Gasteiger partial charge in [0, 0.05) is 45.4 Å². The van der Waals surface area contributed by atoms with Gasteiger partial charge in [-0.2, -0.15) is 0 Å². The van der Waals surface area contributed by atoms with E-state index in [1.54, 1.807) is 23.4 Å². The summed E-state index contributed by atoms with van der Waals surface area (Å²) < 4.78 is 3.06. The molecular formula is C51H62N8O8. The van der Waals surface area contributed by atoms with Crippen molar-refractivity contribution in [3.05, 3.63) is 106 Å². The van der Waals surface area contributed by atoms with Crippen molar-refractivity contribution < 1.29 is 33.6 Å². The highest BCUT2D eigenvalue weighted by molar-refractivity contribution is 6.00. The van der Waals surface area contributed by atoms with Crippen LogP contribution < -0.4 is 27.4 Å². The predicted octanol–water partition coefficient (Wildman–Crippen LogP) is 3.94. The van der Waals surface area contributed by atoms with Gasteiger partial charge in [0.05, 0.1) is 23.0 Å². The first kappa shape index (κ1) is 46.9. The molecular weight excluding hydrogens is 853 g/mol. The average Bonchev–Trinajstić information content (AvgIpc) is 3.85. The Hall–Kier alpha value is -6.58. The van der Waals surface area contributed by atoms with Gasteiger partial charge < -0.3 is 26.2 Å². The molecule has 5 N–H and O–H groups in total. The summed E-state index contributed by atoms with van der Waals surface area (Å²) in [5.74, 6) is -2.34. The smallest absolute Gasteiger partial charge is 0.329 e. The molecule has 354 valence electrons. The minimum Gasteiger partial charge on any atom is -0.370 e. The molecule has 4 heterocycles. The van der Waals surface area contributed by atoms with Gasteiger partial charge in [-0.25, -0.2) is 4.79 Å². The number of fused-ring (bicyclic) bond motifs is 2. The van der Waals surface area contributed by atoms with Gasteiger partial charge in [-0.1, -0.05) is 73.7 Å². The summed E-state index contributed by atoms with van der Waals surface area (Å²) in [7, 11) is 1.70. The third-order valence-electron chi connectivity index (χ3n) is 14.6. The van der Waals surface area contributed by atoms with Crippen LogP contribution in [0.25, 0.3) is 11.0 Å². The van der Waals surface area contributed by atoms with E-state index in [9.17, 15) is 38.4 Å². The number of amides is 7. The van der Waals surface area contributed by atoms with Crippen LogP contribution in [0.15, 0.2) is 83.7 Å². The Morgan fingerprint density at radius 1 is 0.791 bits per heavy atom. The van der Waals surface area contributed by atoms with E-state index in [2.05, 4.69) is 16.0 Å². The van der Waals surface area contributed by atoms with E-state index in [0.717, 1.165) is 54.3 Å². The summed E-state index contributed by atoms with van der Waals surface area (Å²) in [6.45, 7) is 2.53. The Labute approximate surface area is 390 Å². The standard InChI is InChI=1S/C51H62N8O8/c1-31-30-57(45(62)29-33-15-13-32(14-16-33)27-34-17-20-39-42(28-34)56(2)51(67)59(39)41-22-24-44(61)54-49(41)65)26-25-37-18-21-40(58(37)50(31)66)48(64)53-38(19-23-43(52)60)47(63)55-46(35-9-5-3-6-10-35)36-11-7-4-8-12-36/h3-12,17,20,28,31-33,37-38,40-41,46H,13-16,18-19,21-27,29-30H2,1-2H3,(H2,52,60)(H,53,64)(H,55,63)(H,54,61,65)/t31-,32-,33-,37+,38-,40-,41?/m0/s1. The summed E-state index contributed by atoms with van der Waals surface area (Å²) in [4.78, 5) is 109. The van der Waals surface area contributed by atoms with Crippen molar-refractivity contribution in [3.63, 3.8) is 0 Å². The van der Waals surface area contributed by atoms with Crippen molar-refractivity contribution in [2.45, 2.75) is 121 Å². The van der Waals surface area contributed by atoms with Gasteiger partial charge in [-0.15, -0.1) is 0 Å². The number of carbonyl (C=O) groups is 7. The number of primary amides is 1. The molecule has 3 aromatic carbocycles. The Bertz CT molecular complexity index is 2530. The van der Waals surface area contributed by atoms with Crippen LogP contribution in [-0.4, -0.2) is 91.5 Å². The predicted molar refractivity (Wildman–Crippen MR) is 250 cm³/mol. The maximum absolute atomic E-state index is 14.2. The molecule has 4 aliphatic rings. The zero-order valence-electron chi connectivity index (χ0n) is 38.4. The second-order valence-electron chi connectivity index (χ2n) is 19.1. The number of nitrogens with zero attached hydrogens (tertiary/aromatic N) is 4. The SMILES string of the molecule is C[C@H]1CN(C(=O)C[C@H]2CC[C@H](Cc3ccc4c(c3)n(C)c(=O)n4C3CCC(=O)NC3=O)CC2)CC[C@H]2CC[C@@H](C(=O)N[C@@H](CCC(N)=O)C(=O)NC(c3ccccc3)c3ccccc3)N2C1=O. The summed E-state index contributed by atoms with van der Waals surface area (Å²) in [5.41, 5.74) is 9.43. The van der Waals surface area contributed by atoms with E-state index in [0.29, 0.717) is 43.7 Å². The number of aromatic nitrogens is 2. The van der Waals surface area contributed by atoms with Gasteiger partial charge >= 0.3 is 5.69 Å². The number of imide groups is 1. The van der Waals surface area contributed by atoms with Crippen LogP contribution in [0.1, 0.15) is 113 Å². The quantitative estimate of drug-likeness (QED) is 0.136. The van der Waals surface area contributed by atoms with Gasteiger partial charge in [0.15, 0.2) is 0 Å². The molecule has 0 spiro atoms. The molecule has 16 heteroatoms. The third kappa shape index (κ3) is 10.5. The Morgan fingerprint density at radius 2 is 1.46 bits per heavy atom. The lowest BCUT2D eigenvalue weighted by atomic mass is 9.78. The van der Waals surface area contributed by atoms with Crippen LogP contribution in [0.3, 0.4) is 0 Å². The van der Waals surface area contributed by atoms with Crippen LogP contribution in [0.2, 0.25) is 0 Å². The molecule has 3 aliphatic heterocycles. The van der Waals surface area contributed by atoms with E-state index in [4.69, 9.17) is 5.73 Å². The highest BCUT2D eigenvalue weighted by atomic mass is 16.2. The first-order valence-electron chi connectivity index (χ1n) is 23.9. The highest BCUT2D eigenvalue weighted by Crippen LogP contribution is 2.36. The molecule has 0 bridgehead atoms. The van der Waals surface area contributed by atoms with Crippen LogP contribution in [0.4, 0.5) is 0 Å². The molecule has 1 aromatic heterocycles. The fourth-order valence-corrected chi connectivity index (χ4v) is 10.9. The Balaban J connectivity index is 0.847. The first-order chi connectivity index (χ1) is 32.2. The lowest BCUT2D eigenvalue weighted by Crippen LogP contribution is -2.57. The molecule has 1 saturated carbocycles. The zero-order valence-corrected chi connectivity index (χ0v) is 38.4. The van der Waals surface area contributed by atoms with Crippen LogP contribution in [0.5, 0.6) is 0 Å². The third-order valence-corrected chi connectivity index (χ3v) is 14.6. The van der Waals surface area contributed by atoms with Crippen molar-refractivity contribution in [1.82, 2.24) is 34.9 Å². The molecule has 4 fully saturated rings. The maximum atomic E-state index is 14.2. The minimum atomic E-state index is -1.08. The Morgan fingerprint density at radius 3 is 2.12 bits per heavy atom. The first-order valence-corrected chi connectivity index (χ1v) is 23.9. The molecule has 16 nitrogen and oxygen atoms in total. The number of hydrogen-bond donors (Lipinski definition) is 4. The lowest BCUT2D eigenvalue weighted by Gasteiger charge is -2.38. The molecule has 67 heavy (non-hydrogen) atoms. The molecule has 1 unspecified atom stereocenters. The number of carbonyl (C=O) groups excluding carboxylic acids is 7. The van der Waals surface area contributed by atoms with Gasteiger partial charge in [0.25, 0.3) is 0 Å². The molecule has 0 radical (unpaired) electrons. The largest absolute Gasteiger partial charge is 0.370 e. The van der Waals surface area contributed by atoms with Crippen molar-refractivity contribution >= 4 is 52.4 Å². The maximum Gasteiger partial charge on any atom is 0.329 e. The van der Waals surface area contributed by atoms with Crippen molar-refractivity contribution in [1.29, 1.82) is 0 Å². The van der Waals surface area contributed by atoms with E-state index in [1.165, 1.54) is 4.57 Å². The number of piperidine rings is 1. The van der Waals surface area contributed by atoms with Gasteiger partial charge in [0.1, 0.15) is 18.1 Å². The van der Waals surface area contributed by atoms with E-state index in [1.807, 2.05) is 83.8 Å². The molecule has 4 aromatic rings. The van der Waals surface area contributed by atoms with Gasteiger partial charge in [-0.05, 0) is 105 Å². The summed E-state index contributed by atoms with van der Waals surface area (Å²) >= 11 is 0. The number of imidazole rings is 1. The number of benzene rings is 3. The summed E-state index contributed by atoms with van der Waals surface area (Å²) in [6.07, 6.45) is 6.88. The number of hydrogen-bond acceptors (Lipinski definition) is 8. The van der Waals surface area contributed by atoms with Crippen LogP contribution in [-0.2, 0) is 47.0 Å². The second-order valence-corrected chi connectivity index (χ2v) is 19.1. The number of rotatable bonds is 14. The topological polar surface area (TPSA) is 215 Å². The summed E-state index contributed by atoms with van der Waals surface area (Å²) in [6, 6.07) is 21.5. The number of aryl methyl sites for hydroxylation is 1. The van der Waals surface area contributed by atoms with Crippen molar-refractivity contribution in [3.8, 4) is 0 Å². The van der Waals surface area contributed by atoms with Gasteiger partial charge in [0.2, 0.25) is 41.4 Å². The number of nitrogens with one attached hydrogen (secondary N) is 3. The molecule has 3 saturated heterocycles. The average molecular weight is 915 g/mol. The molecule has 5 atom stereocenters. The van der Waals surface area contributed by atoms with Crippen molar-refractivity contribution in [2.75, 3.05) is 13.1 Å². The summed E-state index contributed by atoms with van der Waals surface area (Å²) in [5, 5.41) is 8.33. The molecule has 8 rings (SSSR count). The molecule has 7 amide bonds. The Kier molecular flexibility index (Phi) is 14.4. The minimum absolute atomic E-state index is 0.00725. The fourth-order valence-electron chi connectivity index (χ4n) is 10.9. The van der Waals surface area contributed by atoms with E-state index in [-0.39, 0.29) is 67.6 Å². The number of nitrogens with two attached hydrogens (primary N) is 1. The second kappa shape index (κ2) is 20.5. The zero-order chi connectivity index (χ0) is 47.4. The van der Waals surface area contributed by atoms with E-state index < -0.39 is 53.7 Å².